The van der Waals surface area contributed by atoms with E-state index in [2.05, 4.69) is 4.98 Å². The monoisotopic (exact) mass is 197 g/mol. The van der Waals surface area contributed by atoms with Crippen LogP contribution in [0.2, 0.25) is 0 Å². The van der Waals surface area contributed by atoms with Crippen molar-refractivity contribution in [1.29, 1.82) is 0 Å². The SMILES string of the molecule is CC(=O)c1cccc(C(=O)CCl)n1. The van der Waals surface area contributed by atoms with Crippen molar-refractivity contribution in [2.75, 3.05) is 5.88 Å². The molecule has 0 aromatic carbocycles. The average Bonchev–Trinajstić information content (AvgIpc) is 2.17. The molecule has 0 aliphatic rings. The Kier molecular flexibility index (Phi) is 3.14. The molecule has 0 radical (unpaired) electrons. The lowest BCUT2D eigenvalue weighted by molar-refractivity contribution is 0.101. The Morgan fingerprint density at radius 2 is 2.00 bits per heavy atom. The third-order valence-corrected chi connectivity index (χ3v) is 1.76. The molecule has 68 valence electrons. The van der Waals surface area contributed by atoms with Crippen LogP contribution >= 0.6 is 11.6 Å². The minimum absolute atomic E-state index is 0.117. The lowest BCUT2D eigenvalue weighted by atomic mass is 10.2. The highest BCUT2D eigenvalue weighted by atomic mass is 35.5. The van der Waals surface area contributed by atoms with Gasteiger partial charge in [-0.05, 0) is 12.1 Å². The molecule has 0 atom stereocenters. The van der Waals surface area contributed by atoms with Crippen LogP contribution in [0, 0.1) is 0 Å². The highest BCUT2D eigenvalue weighted by molar-refractivity contribution is 6.30. The Bertz CT molecular complexity index is 349. The number of nitrogens with zero attached hydrogens (tertiary/aromatic N) is 1. The molecule has 0 aliphatic heterocycles. The van der Waals surface area contributed by atoms with Gasteiger partial charge in [-0.25, -0.2) is 4.98 Å². The number of aromatic nitrogens is 1. The lowest BCUT2D eigenvalue weighted by Gasteiger charge is -1.98. The van der Waals surface area contributed by atoms with Crippen molar-refractivity contribution in [3.05, 3.63) is 29.6 Å². The zero-order valence-electron chi connectivity index (χ0n) is 7.08. The standard InChI is InChI=1S/C9H8ClNO2/c1-6(12)7-3-2-4-8(11-7)9(13)5-10/h2-4H,5H2,1H3. The van der Waals surface area contributed by atoms with E-state index in [9.17, 15) is 9.59 Å². The summed E-state index contributed by atoms with van der Waals surface area (Å²) in [5, 5.41) is 0. The van der Waals surface area contributed by atoms with E-state index in [4.69, 9.17) is 11.6 Å². The second-order valence-electron chi connectivity index (χ2n) is 2.52. The van der Waals surface area contributed by atoms with Gasteiger partial charge >= 0.3 is 0 Å². The van der Waals surface area contributed by atoms with Gasteiger partial charge in [-0.3, -0.25) is 9.59 Å². The summed E-state index contributed by atoms with van der Waals surface area (Å²) in [6.07, 6.45) is 0. The van der Waals surface area contributed by atoms with Crippen LogP contribution in [0.4, 0.5) is 0 Å². The van der Waals surface area contributed by atoms with E-state index in [1.807, 2.05) is 0 Å². The van der Waals surface area contributed by atoms with Gasteiger partial charge in [-0.1, -0.05) is 6.07 Å². The van der Waals surface area contributed by atoms with Crippen molar-refractivity contribution in [2.24, 2.45) is 0 Å². The molecule has 13 heavy (non-hydrogen) atoms. The van der Waals surface area contributed by atoms with E-state index in [-0.39, 0.29) is 28.8 Å². The molecular formula is C9H8ClNO2. The number of carbonyl (C=O) groups is 2. The Balaban J connectivity index is 3.05. The van der Waals surface area contributed by atoms with Crippen LogP contribution in [0.3, 0.4) is 0 Å². The first kappa shape index (κ1) is 9.86. The van der Waals surface area contributed by atoms with Gasteiger partial charge in [-0.2, -0.15) is 0 Å². The lowest BCUT2D eigenvalue weighted by Crippen LogP contribution is -2.06. The van der Waals surface area contributed by atoms with Crippen LogP contribution in [0.5, 0.6) is 0 Å². The van der Waals surface area contributed by atoms with E-state index < -0.39 is 0 Å². The van der Waals surface area contributed by atoms with Crippen molar-refractivity contribution in [3.63, 3.8) is 0 Å². The predicted octanol–water partition coefficient (Wildman–Crippen LogP) is 1.71. The second kappa shape index (κ2) is 4.14. The topological polar surface area (TPSA) is 47.0 Å². The Morgan fingerprint density at radius 3 is 2.54 bits per heavy atom. The molecule has 4 heteroatoms. The summed E-state index contributed by atoms with van der Waals surface area (Å²) >= 11 is 5.34. The fourth-order valence-electron chi connectivity index (χ4n) is 0.855. The van der Waals surface area contributed by atoms with Crippen LogP contribution in [0.1, 0.15) is 27.9 Å². The molecule has 0 amide bonds. The molecule has 0 saturated heterocycles. The van der Waals surface area contributed by atoms with Crippen LogP contribution in [0.15, 0.2) is 18.2 Å². The summed E-state index contributed by atoms with van der Waals surface area (Å²) in [5.41, 5.74) is 0.527. The first-order valence-corrected chi connectivity index (χ1v) is 4.25. The van der Waals surface area contributed by atoms with Gasteiger partial charge in [0.2, 0.25) is 0 Å². The fourth-order valence-corrected chi connectivity index (χ4v) is 0.991. The summed E-state index contributed by atoms with van der Waals surface area (Å²) in [6.45, 7) is 1.40. The number of rotatable bonds is 3. The van der Waals surface area contributed by atoms with Crippen molar-refractivity contribution in [2.45, 2.75) is 6.92 Å². The number of hydrogen-bond acceptors (Lipinski definition) is 3. The minimum Gasteiger partial charge on any atom is -0.293 e. The zero-order chi connectivity index (χ0) is 9.84. The number of hydrogen-bond donors (Lipinski definition) is 0. The van der Waals surface area contributed by atoms with Gasteiger partial charge < -0.3 is 0 Å². The number of halogens is 1. The molecule has 0 aliphatic carbocycles. The van der Waals surface area contributed by atoms with E-state index in [1.54, 1.807) is 12.1 Å². The summed E-state index contributed by atoms with van der Waals surface area (Å²) in [6, 6.07) is 4.72. The summed E-state index contributed by atoms with van der Waals surface area (Å²) in [5.74, 6) is -0.553. The molecule has 0 bridgehead atoms. The first-order chi connectivity index (χ1) is 6.15. The third kappa shape index (κ3) is 2.36. The predicted molar refractivity (Wildman–Crippen MR) is 49.3 cm³/mol. The van der Waals surface area contributed by atoms with Crippen molar-refractivity contribution in [3.8, 4) is 0 Å². The molecule has 1 heterocycles. The largest absolute Gasteiger partial charge is 0.293 e. The molecule has 0 spiro atoms. The maximum atomic E-state index is 11.1. The number of carbonyl (C=O) groups excluding carboxylic acids is 2. The highest BCUT2D eigenvalue weighted by Gasteiger charge is 2.07. The summed E-state index contributed by atoms with van der Waals surface area (Å²) in [4.78, 5) is 25.8. The second-order valence-corrected chi connectivity index (χ2v) is 2.79. The summed E-state index contributed by atoms with van der Waals surface area (Å²) < 4.78 is 0. The maximum Gasteiger partial charge on any atom is 0.195 e. The van der Waals surface area contributed by atoms with Gasteiger partial charge in [-0.15, -0.1) is 11.6 Å². The molecule has 1 aromatic heterocycles. The number of ketones is 2. The molecule has 0 N–H and O–H groups in total. The first-order valence-electron chi connectivity index (χ1n) is 3.72. The van der Waals surface area contributed by atoms with Crippen LogP contribution in [0.25, 0.3) is 0 Å². The average molecular weight is 198 g/mol. The van der Waals surface area contributed by atoms with E-state index in [1.165, 1.54) is 13.0 Å². The van der Waals surface area contributed by atoms with E-state index >= 15 is 0 Å². The molecule has 3 nitrogen and oxygen atoms in total. The number of alkyl halides is 1. The molecule has 0 saturated carbocycles. The number of Topliss-reactive ketones (excluding diaryl/α,β-unsaturated/α-hetero) is 2. The van der Waals surface area contributed by atoms with Crippen LogP contribution in [-0.4, -0.2) is 22.4 Å². The quantitative estimate of drug-likeness (QED) is 0.548. The molecule has 1 aromatic rings. The smallest absolute Gasteiger partial charge is 0.195 e. The molecular weight excluding hydrogens is 190 g/mol. The van der Waals surface area contributed by atoms with Gasteiger partial charge in [0.1, 0.15) is 11.4 Å². The van der Waals surface area contributed by atoms with Gasteiger partial charge in [0.05, 0.1) is 5.88 Å². The molecule has 0 fully saturated rings. The Hall–Kier alpha value is -1.22. The van der Waals surface area contributed by atoms with Crippen molar-refractivity contribution < 1.29 is 9.59 Å². The van der Waals surface area contributed by atoms with Gasteiger partial charge in [0, 0.05) is 6.92 Å². The van der Waals surface area contributed by atoms with Gasteiger partial charge in [0.15, 0.2) is 11.6 Å². The molecule has 1 rings (SSSR count). The van der Waals surface area contributed by atoms with Crippen molar-refractivity contribution in [1.82, 2.24) is 4.98 Å². The minimum atomic E-state index is -0.273. The van der Waals surface area contributed by atoms with Crippen LogP contribution in [-0.2, 0) is 0 Å². The van der Waals surface area contributed by atoms with E-state index in [0.717, 1.165) is 0 Å². The maximum absolute atomic E-state index is 11.1. The van der Waals surface area contributed by atoms with Gasteiger partial charge in [0.25, 0.3) is 0 Å². The highest BCUT2D eigenvalue weighted by Crippen LogP contribution is 2.02. The Morgan fingerprint density at radius 1 is 1.38 bits per heavy atom. The van der Waals surface area contributed by atoms with Crippen molar-refractivity contribution >= 4 is 23.2 Å². The molecule has 0 unspecified atom stereocenters. The zero-order valence-corrected chi connectivity index (χ0v) is 7.84. The van der Waals surface area contributed by atoms with E-state index in [0.29, 0.717) is 0 Å². The summed E-state index contributed by atoms with van der Waals surface area (Å²) in [7, 11) is 0. The normalized spacial score (nSPS) is 9.69. The third-order valence-electron chi connectivity index (χ3n) is 1.52. The Labute approximate surface area is 80.7 Å². The number of pyridine rings is 1. The fraction of sp³-hybridized carbons (Fsp3) is 0.222. The van der Waals surface area contributed by atoms with Crippen LogP contribution < -0.4 is 0 Å².